The Balaban J connectivity index is 0.000000861. The Morgan fingerprint density at radius 1 is 1.42 bits per heavy atom. The molecule has 0 saturated carbocycles. The van der Waals surface area contributed by atoms with Crippen molar-refractivity contribution in [1.29, 1.82) is 0 Å². The van der Waals surface area contributed by atoms with Crippen LogP contribution < -0.4 is 11.5 Å². The van der Waals surface area contributed by atoms with E-state index in [1.54, 1.807) is 6.07 Å². The lowest BCUT2D eigenvalue weighted by molar-refractivity contribution is -0.138. The first kappa shape index (κ1) is 15.0. The summed E-state index contributed by atoms with van der Waals surface area (Å²) in [6.45, 7) is 4.00. The van der Waals surface area contributed by atoms with Crippen LogP contribution in [0.5, 0.6) is 0 Å². The second-order valence-electron chi connectivity index (χ2n) is 4.19. The molecule has 0 radical (unpaired) electrons. The molecular weight excluding hydrogens is 242 g/mol. The first-order valence-electron chi connectivity index (χ1n) is 6.31. The van der Waals surface area contributed by atoms with E-state index in [0.717, 1.165) is 16.5 Å². The molecule has 5 heteroatoms. The number of nitrogen functional groups attached to an aromatic ring is 1. The van der Waals surface area contributed by atoms with Gasteiger partial charge in [0.2, 0.25) is 0 Å². The lowest BCUT2D eigenvalue weighted by Crippen LogP contribution is -2.32. The lowest BCUT2D eigenvalue weighted by atomic mass is 10.1. The van der Waals surface area contributed by atoms with Gasteiger partial charge in [-0.25, -0.2) is 0 Å². The highest BCUT2D eigenvalue weighted by Gasteiger charge is 2.15. The van der Waals surface area contributed by atoms with E-state index in [1.807, 2.05) is 43.8 Å². The van der Waals surface area contributed by atoms with Gasteiger partial charge in [0.05, 0.1) is 5.52 Å². The third kappa shape index (κ3) is 3.26. The number of aliphatic carboxylic acids is 1. The number of nitrogens with zero attached hydrogens (tertiary/aromatic N) is 1. The molecule has 19 heavy (non-hydrogen) atoms. The Morgan fingerprint density at radius 2 is 2.05 bits per heavy atom. The Hall–Kier alpha value is -2.01. The van der Waals surface area contributed by atoms with Gasteiger partial charge in [0.25, 0.3) is 0 Å². The van der Waals surface area contributed by atoms with Gasteiger partial charge in [0.15, 0.2) is 0 Å². The number of benzene rings is 1. The number of aromatic nitrogens is 1. The molecule has 5 nitrogen and oxygen atoms in total. The maximum Gasteiger partial charge on any atom is 0.320 e. The van der Waals surface area contributed by atoms with Crippen molar-refractivity contribution in [1.82, 2.24) is 4.57 Å². The predicted octanol–water partition coefficient (Wildman–Crippen LogP) is 1.74. The smallest absolute Gasteiger partial charge is 0.320 e. The SMILES string of the molecule is CC.Cn1cc(CC(N)C(=O)O)c2ccc(N)cc21. The Bertz CT molecular complexity index is 575. The highest BCUT2D eigenvalue weighted by Crippen LogP contribution is 2.23. The summed E-state index contributed by atoms with van der Waals surface area (Å²) in [7, 11) is 1.90. The minimum absolute atomic E-state index is 0.316. The van der Waals surface area contributed by atoms with Crippen molar-refractivity contribution in [3.8, 4) is 0 Å². The first-order chi connectivity index (χ1) is 8.99. The number of fused-ring (bicyclic) bond motifs is 1. The molecule has 1 atom stereocenters. The zero-order valence-electron chi connectivity index (χ0n) is 11.6. The molecule has 5 N–H and O–H groups in total. The van der Waals surface area contributed by atoms with Crippen molar-refractivity contribution < 1.29 is 9.90 Å². The normalized spacial score (nSPS) is 11.8. The van der Waals surface area contributed by atoms with Crippen molar-refractivity contribution >= 4 is 22.6 Å². The fraction of sp³-hybridized carbons (Fsp3) is 0.357. The third-order valence-corrected chi connectivity index (χ3v) is 2.85. The lowest BCUT2D eigenvalue weighted by Gasteiger charge is -2.04. The minimum Gasteiger partial charge on any atom is -0.480 e. The van der Waals surface area contributed by atoms with Gasteiger partial charge in [-0.3, -0.25) is 4.79 Å². The molecule has 104 valence electrons. The average molecular weight is 263 g/mol. The summed E-state index contributed by atoms with van der Waals surface area (Å²) in [5, 5.41) is 9.81. The molecule has 2 rings (SSSR count). The maximum absolute atomic E-state index is 10.7. The molecule has 1 unspecified atom stereocenters. The van der Waals surface area contributed by atoms with Gasteiger partial charge in [0.1, 0.15) is 6.04 Å². The van der Waals surface area contributed by atoms with Gasteiger partial charge >= 0.3 is 5.97 Å². The number of rotatable bonds is 3. The van der Waals surface area contributed by atoms with E-state index >= 15 is 0 Å². The number of aryl methyl sites for hydroxylation is 1. The average Bonchev–Trinajstić information content (AvgIpc) is 2.68. The van der Waals surface area contributed by atoms with Crippen LogP contribution in [0, 0.1) is 0 Å². The minimum atomic E-state index is -0.988. The molecule has 0 bridgehead atoms. The summed E-state index contributed by atoms with van der Waals surface area (Å²) in [5.74, 6) is -0.988. The van der Waals surface area contributed by atoms with E-state index in [1.165, 1.54) is 0 Å². The van der Waals surface area contributed by atoms with Gasteiger partial charge in [-0.2, -0.15) is 0 Å². The maximum atomic E-state index is 10.7. The molecule has 0 aliphatic heterocycles. The number of hydrogen-bond acceptors (Lipinski definition) is 3. The van der Waals surface area contributed by atoms with Crippen molar-refractivity contribution in [3.05, 3.63) is 30.0 Å². The Kier molecular flexibility index (Phi) is 4.94. The van der Waals surface area contributed by atoms with E-state index in [4.69, 9.17) is 16.6 Å². The van der Waals surface area contributed by atoms with Gasteiger partial charge in [-0.15, -0.1) is 0 Å². The fourth-order valence-electron chi connectivity index (χ4n) is 1.97. The highest BCUT2D eigenvalue weighted by atomic mass is 16.4. The van der Waals surface area contributed by atoms with E-state index in [9.17, 15) is 4.79 Å². The molecule has 1 aromatic heterocycles. The Labute approximate surface area is 112 Å². The van der Waals surface area contributed by atoms with Crippen LogP contribution in [-0.2, 0) is 18.3 Å². The summed E-state index contributed by atoms with van der Waals surface area (Å²) in [6, 6.07) is 4.69. The summed E-state index contributed by atoms with van der Waals surface area (Å²) >= 11 is 0. The molecule has 1 heterocycles. The molecule has 0 fully saturated rings. The molecule has 0 spiro atoms. The van der Waals surface area contributed by atoms with Crippen LogP contribution in [0.3, 0.4) is 0 Å². The number of hydrogen-bond donors (Lipinski definition) is 3. The van der Waals surface area contributed by atoms with Gasteiger partial charge in [0, 0.05) is 30.7 Å². The van der Waals surface area contributed by atoms with E-state index in [0.29, 0.717) is 12.1 Å². The number of carbonyl (C=O) groups is 1. The Morgan fingerprint density at radius 3 is 2.63 bits per heavy atom. The summed E-state index contributed by atoms with van der Waals surface area (Å²) in [5.41, 5.74) is 13.9. The van der Waals surface area contributed by atoms with Gasteiger partial charge < -0.3 is 21.1 Å². The summed E-state index contributed by atoms with van der Waals surface area (Å²) in [6.07, 6.45) is 2.21. The zero-order valence-corrected chi connectivity index (χ0v) is 11.6. The quantitative estimate of drug-likeness (QED) is 0.735. The van der Waals surface area contributed by atoms with Crippen molar-refractivity contribution in [2.24, 2.45) is 12.8 Å². The number of anilines is 1. The second-order valence-corrected chi connectivity index (χ2v) is 4.19. The molecule has 1 aromatic carbocycles. The van der Waals surface area contributed by atoms with Crippen LogP contribution in [0.15, 0.2) is 24.4 Å². The first-order valence-corrected chi connectivity index (χ1v) is 6.31. The predicted molar refractivity (Wildman–Crippen MR) is 78.0 cm³/mol. The molecule has 0 saturated heterocycles. The summed E-state index contributed by atoms with van der Waals surface area (Å²) in [4.78, 5) is 10.7. The van der Waals surface area contributed by atoms with Crippen molar-refractivity contribution in [3.63, 3.8) is 0 Å². The van der Waals surface area contributed by atoms with Crippen LogP contribution in [0.1, 0.15) is 19.4 Å². The number of carboxylic acid groups (broad SMARTS) is 1. The molecule has 0 amide bonds. The number of nitrogens with two attached hydrogens (primary N) is 2. The highest BCUT2D eigenvalue weighted by molar-refractivity contribution is 5.87. The van der Waals surface area contributed by atoms with E-state index in [2.05, 4.69) is 0 Å². The van der Waals surface area contributed by atoms with Crippen molar-refractivity contribution in [2.45, 2.75) is 26.3 Å². The fourth-order valence-corrected chi connectivity index (χ4v) is 1.97. The van der Waals surface area contributed by atoms with Crippen LogP contribution in [0.25, 0.3) is 10.9 Å². The van der Waals surface area contributed by atoms with Crippen LogP contribution in [0.2, 0.25) is 0 Å². The van der Waals surface area contributed by atoms with Gasteiger partial charge in [-0.1, -0.05) is 19.9 Å². The number of carboxylic acids is 1. The van der Waals surface area contributed by atoms with Crippen LogP contribution in [-0.4, -0.2) is 21.7 Å². The van der Waals surface area contributed by atoms with Gasteiger partial charge in [-0.05, 0) is 17.7 Å². The van der Waals surface area contributed by atoms with Crippen LogP contribution in [0.4, 0.5) is 5.69 Å². The van der Waals surface area contributed by atoms with E-state index < -0.39 is 12.0 Å². The largest absolute Gasteiger partial charge is 0.480 e. The third-order valence-electron chi connectivity index (χ3n) is 2.85. The topological polar surface area (TPSA) is 94.3 Å². The van der Waals surface area contributed by atoms with Crippen molar-refractivity contribution in [2.75, 3.05) is 5.73 Å². The monoisotopic (exact) mass is 263 g/mol. The second kappa shape index (κ2) is 6.24. The molecule has 0 aliphatic rings. The molecule has 2 aromatic rings. The molecule has 0 aliphatic carbocycles. The standard InChI is InChI=1S/C12H15N3O2.C2H6/c1-15-6-7(4-10(14)12(16)17)9-3-2-8(13)5-11(9)15;1-2/h2-3,5-6,10H,4,13-14H2,1H3,(H,16,17);1-2H3. The van der Waals surface area contributed by atoms with Crippen LogP contribution >= 0.6 is 0 Å². The van der Waals surface area contributed by atoms with E-state index in [-0.39, 0.29) is 0 Å². The molecular formula is C14H21N3O2. The summed E-state index contributed by atoms with van der Waals surface area (Å²) < 4.78 is 1.93. The zero-order chi connectivity index (χ0) is 14.6.